The summed E-state index contributed by atoms with van der Waals surface area (Å²) in [7, 11) is 0. The van der Waals surface area contributed by atoms with Gasteiger partial charge in [0.15, 0.2) is 0 Å². The first kappa shape index (κ1) is 14.7. The fraction of sp³-hybridized carbons (Fsp3) is 0.214. The Bertz CT molecular complexity index is 624. The number of aliphatic hydroxyl groups excluding tert-OH is 1. The Kier molecular flexibility index (Phi) is 4.68. The van der Waals surface area contributed by atoms with Crippen LogP contribution in [0.1, 0.15) is 17.4 Å². The molecule has 1 aromatic carbocycles. The van der Waals surface area contributed by atoms with Gasteiger partial charge in [-0.1, -0.05) is 18.2 Å². The number of amides is 1. The lowest BCUT2D eigenvalue weighted by molar-refractivity contribution is -0.385. The smallest absolute Gasteiger partial charge is 0.273 e. The number of aliphatic hydroxyl groups is 1. The van der Waals surface area contributed by atoms with Crippen molar-refractivity contribution in [3.8, 4) is 0 Å². The van der Waals surface area contributed by atoms with Crippen molar-refractivity contribution >= 4 is 11.6 Å². The van der Waals surface area contributed by atoms with Gasteiger partial charge in [-0.2, -0.15) is 0 Å². The number of nitro groups is 1. The van der Waals surface area contributed by atoms with Crippen LogP contribution in [0, 0.1) is 10.1 Å². The molecule has 0 saturated carbocycles. The predicted octanol–water partition coefficient (Wildman–Crippen LogP) is 1.58. The maximum Gasteiger partial charge on any atom is 0.273 e. The van der Waals surface area contributed by atoms with E-state index in [0.29, 0.717) is 11.3 Å². The van der Waals surface area contributed by atoms with Crippen LogP contribution in [0.3, 0.4) is 0 Å². The second-order valence-electron chi connectivity index (χ2n) is 4.40. The van der Waals surface area contributed by atoms with Gasteiger partial charge in [0.1, 0.15) is 11.9 Å². The van der Waals surface area contributed by atoms with Gasteiger partial charge in [0.25, 0.3) is 5.69 Å². The quantitative estimate of drug-likeness (QED) is 0.620. The van der Waals surface area contributed by atoms with Crippen LogP contribution in [0.2, 0.25) is 0 Å². The molecule has 1 unspecified atom stereocenters. The minimum atomic E-state index is -0.949. The molecule has 110 valence electrons. The van der Waals surface area contributed by atoms with Crippen molar-refractivity contribution in [2.75, 3.05) is 6.54 Å². The number of benzene rings is 1. The number of nitrogens with one attached hydrogen (secondary N) is 1. The zero-order valence-electron chi connectivity index (χ0n) is 11.1. The third-order valence-electron chi connectivity index (χ3n) is 2.90. The highest BCUT2D eigenvalue weighted by Gasteiger charge is 2.17. The molecule has 1 aromatic heterocycles. The summed E-state index contributed by atoms with van der Waals surface area (Å²) >= 11 is 0. The first-order chi connectivity index (χ1) is 10.1. The number of nitro benzene ring substituents is 1. The average Bonchev–Trinajstić information content (AvgIpc) is 2.99. The highest BCUT2D eigenvalue weighted by molar-refractivity contribution is 5.79. The summed E-state index contributed by atoms with van der Waals surface area (Å²) in [5.74, 6) is -0.0594. The molecule has 1 heterocycles. The first-order valence-electron chi connectivity index (χ1n) is 6.28. The molecule has 0 aliphatic heterocycles. The number of para-hydroxylation sites is 1. The van der Waals surface area contributed by atoms with Crippen LogP contribution in [0.5, 0.6) is 0 Å². The van der Waals surface area contributed by atoms with Gasteiger partial charge in [0.2, 0.25) is 5.91 Å². The van der Waals surface area contributed by atoms with E-state index in [1.54, 1.807) is 24.3 Å². The topological polar surface area (TPSA) is 106 Å². The summed E-state index contributed by atoms with van der Waals surface area (Å²) in [4.78, 5) is 22.1. The van der Waals surface area contributed by atoms with E-state index in [2.05, 4.69) is 5.32 Å². The van der Waals surface area contributed by atoms with Crippen molar-refractivity contribution in [1.29, 1.82) is 0 Å². The van der Waals surface area contributed by atoms with E-state index in [1.165, 1.54) is 18.4 Å². The molecule has 7 nitrogen and oxygen atoms in total. The fourth-order valence-electron chi connectivity index (χ4n) is 1.87. The second-order valence-corrected chi connectivity index (χ2v) is 4.40. The van der Waals surface area contributed by atoms with E-state index in [0.717, 1.165) is 0 Å². The van der Waals surface area contributed by atoms with Gasteiger partial charge in [0, 0.05) is 11.6 Å². The molecule has 21 heavy (non-hydrogen) atoms. The number of carbonyl (C=O) groups excluding carboxylic acids is 1. The predicted molar refractivity (Wildman–Crippen MR) is 73.5 cm³/mol. The number of furan rings is 1. The molecule has 2 N–H and O–H groups in total. The maximum atomic E-state index is 11.8. The first-order valence-corrected chi connectivity index (χ1v) is 6.28. The van der Waals surface area contributed by atoms with Crippen LogP contribution < -0.4 is 5.32 Å². The van der Waals surface area contributed by atoms with Crippen LogP contribution in [0.25, 0.3) is 0 Å². The van der Waals surface area contributed by atoms with Crippen LogP contribution in [0.4, 0.5) is 5.69 Å². The van der Waals surface area contributed by atoms with E-state index in [9.17, 15) is 20.0 Å². The van der Waals surface area contributed by atoms with E-state index < -0.39 is 16.9 Å². The highest BCUT2D eigenvalue weighted by atomic mass is 16.6. The Hall–Kier alpha value is -2.67. The maximum absolute atomic E-state index is 11.8. The average molecular weight is 290 g/mol. The third-order valence-corrected chi connectivity index (χ3v) is 2.90. The number of rotatable bonds is 6. The Morgan fingerprint density at radius 1 is 1.33 bits per heavy atom. The Labute approximate surface area is 120 Å². The van der Waals surface area contributed by atoms with E-state index in [4.69, 9.17) is 4.42 Å². The van der Waals surface area contributed by atoms with Crippen molar-refractivity contribution in [1.82, 2.24) is 5.32 Å². The molecule has 1 atom stereocenters. The molecule has 0 radical (unpaired) electrons. The van der Waals surface area contributed by atoms with Crippen LogP contribution in [-0.2, 0) is 11.2 Å². The van der Waals surface area contributed by atoms with Crippen molar-refractivity contribution < 1.29 is 19.2 Å². The Morgan fingerprint density at radius 2 is 2.10 bits per heavy atom. The monoisotopic (exact) mass is 290 g/mol. The second kappa shape index (κ2) is 6.67. The van der Waals surface area contributed by atoms with E-state index in [1.807, 2.05) is 0 Å². The van der Waals surface area contributed by atoms with Gasteiger partial charge >= 0.3 is 0 Å². The van der Waals surface area contributed by atoms with E-state index in [-0.39, 0.29) is 18.7 Å². The molecule has 0 saturated heterocycles. The van der Waals surface area contributed by atoms with E-state index >= 15 is 0 Å². The molecule has 2 rings (SSSR count). The fourth-order valence-corrected chi connectivity index (χ4v) is 1.87. The summed E-state index contributed by atoms with van der Waals surface area (Å²) in [6.45, 7) is -0.0209. The third kappa shape index (κ3) is 3.90. The molecule has 0 aliphatic rings. The van der Waals surface area contributed by atoms with Gasteiger partial charge in [0.05, 0.1) is 24.2 Å². The van der Waals surface area contributed by atoms with Crippen LogP contribution >= 0.6 is 0 Å². The number of nitrogens with zero attached hydrogens (tertiary/aromatic N) is 1. The van der Waals surface area contributed by atoms with Gasteiger partial charge in [-0.15, -0.1) is 0 Å². The summed E-state index contributed by atoms with van der Waals surface area (Å²) in [6, 6.07) is 9.28. The van der Waals surface area contributed by atoms with Gasteiger partial charge in [-0.25, -0.2) is 0 Å². The molecule has 7 heteroatoms. The molecular weight excluding hydrogens is 276 g/mol. The molecule has 0 bridgehead atoms. The van der Waals surface area contributed by atoms with Crippen molar-refractivity contribution in [3.63, 3.8) is 0 Å². The van der Waals surface area contributed by atoms with Gasteiger partial charge in [-0.05, 0) is 12.1 Å². The minimum Gasteiger partial charge on any atom is -0.467 e. The summed E-state index contributed by atoms with van der Waals surface area (Å²) in [5.41, 5.74) is 0.228. The lowest BCUT2D eigenvalue weighted by Gasteiger charge is -2.09. The van der Waals surface area contributed by atoms with Gasteiger partial charge in [-0.3, -0.25) is 14.9 Å². The SMILES string of the molecule is O=C(Cc1ccccc1[N+](=O)[O-])NCC(O)c1ccco1. The zero-order valence-corrected chi connectivity index (χ0v) is 11.1. The van der Waals surface area contributed by atoms with Crippen molar-refractivity contribution in [3.05, 3.63) is 64.1 Å². The summed E-state index contributed by atoms with van der Waals surface area (Å²) < 4.78 is 5.01. The van der Waals surface area contributed by atoms with Crippen molar-refractivity contribution in [2.45, 2.75) is 12.5 Å². The molecule has 0 spiro atoms. The molecule has 1 amide bonds. The zero-order chi connectivity index (χ0) is 15.2. The lowest BCUT2D eigenvalue weighted by atomic mass is 10.1. The largest absolute Gasteiger partial charge is 0.467 e. The number of carbonyl (C=O) groups is 1. The number of hydrogen-bond acceptors (Lipinski definition) is 5. The Morgan fingerprint density at radius 3 is 2.76 bits per heavy atom. The summed E-state index contributed by atoms with van der Waals surface area (Å²) in [5, 5.41) is 23.1. The number of hydrogen-bond donors (Lipinski definition) is 2. The van der Waals surface area contributed by atoms with Gasteiger partial charge < -0.3 is 14.8 Å². The molecular formula is C14H14N2O5. The van der Waals surface area contributed by atoms with Crippen molar-refractivity contribution in [2.24, 2.45) is 0 Å². The van der Waals surface area contributed by atoms with Crippen LogP contribution in [0.15, 0.2) is 47.1 Å². The minimum absolute atomic E-state index is 0.0209. The molecule has 0 aliphatic carbocycles. The molecule has 0 fully saturated rings. The normalized spacial score (nSPS) is 11.9. The lowest BCUT2D eigenvalue weighted by Crippen LogP contribution is -2.29. The highest BCUT2D eigenvalue weighted by Crippen LogP contribution is 2.18. The Balaban J connectivity index is 1.92. The summed E-state index contributed by atoms with van der Waals surface area (Å²) in [6.07, 6.45) is 0.352. The van der Waals surface area contributed by atoms with Crippen LogP contribution in [-0.4, -0.2) is 22.5 Å². The standard InChI is InChI=1S/C14H14N2O5/c17-12(13-6-3-7-21-13)9-15-14(18)8-10-4-1-2-5-11(10)16(19)20/h1-7,12,17H,8-9H2,(H,15,18). The molecule has 2 aromatic rings.